The number of hydrogen-bond acceptors (Lipinski definition) is 7. The molecule has 9 heteroatoms. The van der Waals surface area contributed by atoms with Crippen LogP contribution in [-0.2, 0) is 6.54 Å². The monoisotopic (exact) mass is 490 g/mol. The maximum Gasteiger partial charge on any atom is 0.255 e. The van der Waals surface area contributed by atoms with Crippen LogP contribution in [0.5, 0.6) is 17.2 Å². The summed E-state index contributed by atoms with van der Waals surface area (Å²) in [5, 5.41) is 2.88. The van der Waals surface area contributed by atoms with Gasteiger partial charge in [0.25, 0.3) is 11.5 Å². The maximum atomic E-state index is 13.0. The quantitative estimate of drug-likeness (QED) is 0.510. The average molecular weight is 491 g/mol. The Hall–Kier alpha value is -4.14. The molecule has 2 atom stereocenters. The van der Waals surface area contributed by atoms with Crippen LogP contribution in [0.4, 0.5) is 17.1 Å². The molecular formula is C27H30N4O5. The minimum absolute atomic E-state index is 0.0672. The molecule has 2 aliphatic rings. The molecule has 2 aliphatic heterocycles. The number of benzene rings is 2. The van der Waals surface area contributed by atoms with Gasteiger partial charge in [-0.1, -0.05) is 6.07 Å². The van der Waals surface area contributed by atoms with Crippen LogP contribution in [0.15, 0.2) is 53.3 Å². The predicted molar refractivity (Wildman–Crippen MR) is 139 cm³/mol. The third-order valence-corrected chi connectivity index (χ3v) is 7.03. The van der Waals surface area contributed by atoms with Crippen molar-refractivity contribution in [3.63, 3.8) is 0 Å². The number of piperidine rings is 1. The molecule has 3 aromatic rings. The lowest BCUT2D eigenvalue weighted by molar-refractivity contribution is 0.102. The smallest absolute Gasteiger partial charge is 0.255 e. The van der Waals surface area contributed by atoms with Crippen LogP contribution >= 0.6 is 0 Å². The van der Waals surface area contributed by atoms with Crippen molar-refractivity contribution in [2.45, 2.75) is 18.9 Å². The molecule has 9 nitrogen and oxygen atoms in total. The number of anilines is 3. The normalized spacial score (nSPS) is 18.2. The molecule has 0 spiro atoms. The number of amides is 1. The van der Waals surface area contributed by atoms with E-state index in [2.05, 4.69) is 10.2 Å². The Labute approximate surface area is 209 Å². The van der Waals surface area contributed by atoms with Crippen LogP contribution in [0.2, 0.25) is 0 Å². The molecule has 1 fully saturated rings. The van der Waals surface area contributed by atoms with Gasteiger partial charge in [0, 0.05) is 60.7 Å². The summed E-state index contributed by atoms with van der Waals surface area (Å²) in [4.78, 5) is 27.6. The lowest BCUT2D eigenvalue weighted by Crippen LogP contribution is -2.47. The molecule has 0 saturated carbocycles. The van der Waals surface area contributed by atoms with Gasteiger partial charge in [-0.2, -0.15) is 0 Å². The first-order chi connectivity index (χ1) is 17.4. The van der Waals surface area contributed by atoms with Crippen molar-refractivity contribution in [1.29, 1.82) is 0 Å². The summed E-state index contributed by atoms with van der Waals surface area (Å²) >= 11 is 0. The summed E-state index contributed by atoms with van der Waals surface area (Å²) < 4.78 is 18.0. The van der Waals surface area contributed by atoms with Crippen LogP contribution in [0.1, 0.15) is 28.4 Å². The molecule has 3 heterocycles. The predicted octanol–water partition coefficient (Wildman–Crippen LogP) is 3.33. The highest BCUT2D eigenvalue weighted by molar-refractivity contribution is 6.05. The first kappa shape index (κ1) is 23.6. The van der Waals surface area contributed by atoms with E-state index >= 15 is 0 Å². The third kappa shape index (κ3) is 4.21. The first-order valence-corrected chi connectivity index (χ1v) is 11.9. The zero-order chi connectivity index (χ0) is 25.4. The highest BCUT2D eigenvalue weighted by Crippen LogP contribution is 2.41. The fourth-order valence-electron chi connectivity index (χ4n) is 5.43. The Morgan fingerprint density at radius 3 is 2.39 bits per heavy atom. The largest absolute Gasteiger partial charge is 0.493 e. The lowest BCUT2D eigenvalue weighted by atomic mass is 9.83. The number of carbonyl (C=O) groups excluding carboxylic acids is 1. The Bertz CT molecular complexity index is 1340. The second kappa shape index (κ2) is 9.49. The van der Waals surface area contributed by atoms with E-state index in [1.54, 1.807) is 30.3 Å². The highest BCUT2D eigenvalue weighted by atomic mass is 16.5. The summed E-state index contributed by atoms with van der Waals surface area (Å²) in [6.45, 7) is 2.32. The zero-order valence-corrected chi connectivity index (χ0v) is 20.6. The number of methoxy groups -OCH3 is 3. The number of ether oxygens (including phenoxy) is 3. The minimum Gasteiger partial charge on any atom is -0.493 e. The van der Waals surface area contributed by atoms with Crippen molar-refractivity contribution >= 4 is 23.0 Å². The molecule has 1 aromatic heterocycles. The summed E-state index contributed by atoms with van der Waals surface area (Å²) in [5.74, 6) is 1.69. The fourth-order valence-corrected chi connectivity index (χ4v) is 5.43. The number of nitrogens with zero attached hydrogens (tertiary/aromatic N) is 2. The molecule has 2 aromatic carbocycles. The number of hydrogen-bond donors (Lipinski definition) is 2. The van der Waals surface area contributed by atoms with E-state index in [1.165, 1.54) is 21.3 Å². The number of pyridine rings is 1. The number of carbonyl (C=O) groups is 1. The van der Waals surface area contributed by atoms with Crippen LogP contribution in [0, 0.1) is 5.92 Å². The number of nitrogens with two attached hydrogens (primary N) is 1. The van der Waals surface area contributed by atoms with E-state index in [0.717, 1.165) is 37.4 Å². The van der Waals surface area contributed by atoms with Gasteiger partial charge in [-0.25, -0.2) is 0 Å². The Morgan fingerprint density at radius 2 is 1.72 bits per heavy atom. The first-order valence-electron chi connectivity index (χ1n) is 11.9. The van der Waals surface area contributed by atoms with Crippen LogP contribution < -0.4 is 35.7 Å². The molecule has 1 amide bonds. The van der Waals surface area contributed by atoms with Crippen molar-refractivity contribution in [3.8, 4) is 17.2 Å². The van der Waals surface area contributed by atoms with Crippen molar-refractivity contribution in [1.82, 2.24) is 4.57 Å². The molecule has 36 heavy (non-hydrogen) atoms. The van der Waals surface area contributed by atoms with Crippen molar-refractivity contribution in [2.75, 3.05) is 50.4 Å². The summed E-state index contributed by atoms with van der Waals surface area (Å²) in [6.07, 6.45) is 1.06. The molecular weight excluding hydrogens is 460 g/mol. The molecule has 2 bridgehead atoms. The van der Waals surface area contributed by atoms with Crippen LogP contribution in [0.3, 0.4) is 0 Å². The second-order valence-electron chi connectivity index (χ2n) is 9.24. The Balaban J connectivity index is 1.35. The van der Waals surface area contributed by atoms with Crippen molar-refractivity contribution in [3.05, 3.63) is 70.1 Å². The van der Waals surface area contributed by atoms with Gasteiger partial charge < -0.3 is 34.7 Å². The zero-order valence-electron chi connectivity index (χ0n) is 20.6. The molecule has 0 radical (unpaired) electrons. The standard InChI is InChI=1S/C27H30N4O5/c1-34-23-11-19(12-24(35-2)26(23)36-3)29-27(33)17-7-8-22(20(28)10-17)30-13-16-9-18(15-30)21-5-4-6-25(32)31(21)14-16/h4-8,10-12,16,18H,9,13-15,28H2,1-3H3,(H,29,33)/t16-,18+/m1/s1. The van der Waals surface area contributed by atoms with E-state index in [4.69, 9.17) is 19.9 Å². The van der Waals surface area contributed by atoms with E-state index in [0.29, 0.717) is 40.1 Å². The molecule has 188 valence electrons. The summed E-state index contributed by atoms with van der Waals surface area (Å²) in [7, 11) is 4.57. The number of nitrogen functional groups attached to an aromatic ring is 1. The fraction of sp³-hybridized carbons (Fsp3) is 0.333. The summed E-state index contributed by atoms with van der Waals surface area (Å²) in [5.41, 5.74) is 10.00. The van der Waals surface area contributed by atoms with Gasteiger partial charge in [-0.15, -0.1) is 0 Å². The molecule has 0 aliphatic carbocycles. The van der Waals surface area contributed by atoms with E-state index in [1.807, 2.05) is 22.8 Å². The van der Waals surface area contributed by atoms with Crippen molar-refractivity contribution < 1.29 is 19.0 Å². The second-order valence-corrected chi connectivity index (χ2v) is 9.24. The Kier molecular flexibility index (Phi) is 6.22. The molecule has 5 rings (SSSR count). The summed E-state index contributed by atoms with van der Waals surface area (Å²) in [6, 6.07) is 14.2. The van der Waals surface area contributed by atoms with Crippen LogP contribution in [-0.4, -0.2) is 44.9 Å². The van der Waals surface area contributed by atoms with Gasteiger partial charge in [0.05, 0.1) is 32.7 Å². The minimum atomic E-state index is -0.300. The number of aromatic nitrogens is 1. The van der Waals surface area contributed by atoms with E-state index < -0.39 is 0 Å². The Morgan fingerprint density at radius 1 is 0.972 bits per heavy atom. The topological polar surface area (TPSA) is 108 Å². The van der Waals surface area contributed by atoms with E-state index in [9.17, 15) is 9.59 Å². The maximum absolute atomic E-state index is 13.0. The SMILES string of the molecule is COc1cc(NC(=O)c2ccc(N3C[C@H]4C[C@@H](C3)c3cccc(=O)n3C4)c(N)c2)cc(OC)c1OC. The van der Waals surface area contributed by atoms with Gasteiger partial charge in [-0.3, -0.25) is 9.59 Å². The lowest BCUT2D eigenvalue weighted by Gasteiger charge is -2.44. The molecule has 0 unspecified atom stereocenters. The molecule has 1 saturated heterocycles. The van der Waals surface area contributed by atoms with Gasteiger partial charge in [0.2, 0.25) is 5.75 Å². The van der Waals surface area contributed by atoms with Crippen LogP contribution in [0.25, 0.3) is 0 Å². The van der Waals surface area contributed by atoms with E-state index in [-0.39, 0.29) is 17.4 Å². The van der Waals surface area contributed by atoms with Gasteiger partial charge in [-0.05, 0) is 36.6 Å². The van der Waals surface area contributed by atoms with Gasteiger partial charge >= 0.3 is 0 Å². The van der Waals surface area contributed by atoms with Crippen molar-refractivity contribution in [2.24, 2.45) is 5.92 Å². The third-order valence-electron chi connectivity index (χ3n) is 7.03. The van der Waals surface area contributed by atoms with Gasteiger partial charge in [0.15, 0.2) is 11.5 Å². The highest BCUT2D eigenvalue weighted by Gasteiger charge is 2.35. The molecule has 3 N–H and O–H groups in total. The number of fused-ring (bicyclic) bond motifs is 4. The number of rotatable bonds is 6. The number of nitrogens with one attached hydrogen (secondary N) is 1. The average Bonchev–Trinajstić information content (AvgIpc) is 2.88. The van der Waals surface area contributed by atoms with Gasteiger partial charge in [0.1, 0.15) is 0 Å².